The number of rotatable bonds is 2. The number of benzene rings is 1. The number of nitrogens with zero attached hydrogens (tertiary/aromatic N) is 1. The van der Waals surface area contributed by atoms with Crippen molar-refractivity contribution in [2.75, 3.05) is 5.75 Å². The van der Waals surface area contributed by atoms with Crippen molar-refractivity contribution in [3.8, 4) is 5.75 Å². The fourth-order valence-corrected chi connectivity index (χ4v) is 3.01. The van der Waals surface area contributed by atoms with Gasteiger partial charge in [-0.15, -0.1) is 11.8 Å². The van der Waals surface area contributed by atoms with Crippen LogP contribution in [0.4, 0.5) is 0 Å². The van der Waals surface area contributed by atoms with Crippen LogP contribution in [0.15, 0.2) is 47.6 Å². The number of carbonyl (C=O) groups is 1. The Morgan fingerprint density at radius 3 is 3.05 bits per heavy atom. The van der Waals surface area contributed by atoms with Crippen LogP contribution in [0.1, 0.15) is 15.9 Å². The van der Waals surface area contributed by atoms with E-state index in [1.165, 1.54) is 0 Å². The Balaban J connectivity index is 1.83. The molecule has 3 rings (SSSR count). The number of aromatic nitrogens is 1. The van der Waals surface area contributed by atoms with E-state index in [0.29, 0.717) is 11.3 Å². The minimum absolute atomic E-state index is 0.00166. The van der Waals surface area contributed by atoms with Gasteiger partial charge in [-0.2, -0.15) is 0 Å². The molecule has 0 radical (unpaired) electrons. The van der Waals surface area contributed by atoms with Crippen molar-refractivity contribution >= 4 is 17.5 Å². The molecule has 1 atom stereocenters. The molecule has 0 amide bonds. The summed E-state index contributed by atoms with van der Waals surface area (Å²) in [5, 5.41) is 0. The Hall–Kier alpha value is -1.81. The molecular weight excluding hydrogens is 258 g/mol. The van der Waals surface area contributed by atoms with Gasteiger partial charge in [0.2, 0.25) is 5.78 Å². The van der Waals surface area contributed by atoms with Crippen LogP contribution in [0.2, 0.25) is 0 Å². The van der Waals surface area contributed by atoms with Gasteiger partial charge in [0.05, 0.1) is 0 Å². The highest BCUT2D eigenvalue weighted by Gasteiger charge is 2.27. The van der Waals surface area contributed by atoms with Gasteiger partial charge in [-0.05, 0) is 30.7 Å². The number of aryl methyl sites for hydroxylation is 1. The number of thioether (sulfide) groups is 1. The molecule has 0 saturated carbocycles. The fraction of sp³-hybridized carbons (Fsp3) is 0.200. The summed E-state index contributed by atoms with van der Waals surface area (Å²) in [6.45, 7) is 1.93. The van der Waals surface area contributed by atoms with Gasteiger partial charge in [0.1, 0.15) is 5.75 Å². The Kier molecular flexibility index (Phi) is 3.25. The summed E-state index contributed by atoms with van der Waals surface area (Å²) in [7, 11) is 0. The largest absolute Gasteiger partial charge is 0.480 e. The Morgan fingerprint density at radius 2 is 2.21 bits per heavy atom. The van der Waals surface area contributed by atoms with Crippen molar-refractivity contribution in [1.29, 1.82) is 0 Å². The molecule has 1 aliphatic heterocycles. The third-order valence-corrected chi connectivity index (χ3v) is 4.08. The van der Waals surface area contributed by atoms with E-state index >= 15 is 0 Å². The van der Waals surface area contributed by atoms with Gasteiger partial charge in [0, 0.05) is 28.6 Å². The number of fused-ring (bicyclic) bond motifs is 1. The van der Waals surface area contributed by atoms with Crippen LogP contribution in [0.3, 0.4) is 0 Å². The number of carbonyl (C=O) groups excluding carboxylic acids is 1. The van der Waals surface area contributed by atoms with E-state index in [1.54, 1.807) is 24.2 Å². The lowest BCUT2D eigenvalue weighted by atomic mass is 10.1. The summed E-state index contributed by atoms with van der Waals surface area (Å²) in [5.41, 5.74) is 1.60. The zero-order valence-electron chi connectivity index (χ0n) is 10.5. The summed E-state index contributed by atoms with van der Waals surface area (Å²) in [6, 6.07) is 9.65. The van der Waals surface area contributed by atoms with Gasteiger partial charge in [-0.25, -0.2) is 0 Å². The summed E-state index contributed by atoms with van der Waals surface area (Å²) < 4.78 is 5.79. The number of hydrogen-bond donors (Lipinski definition) is 0. The monoisotopic (exact) mass is 271 g/mol. The van der Waals surface area contributed by atoms with Gasteiger partial charge in [0.25, 0.3) is 0 Å². The van der Waals surface area contributed by atoms with Crippen LogP contribution in [-0.2, 0) is 0 Å². The maximum Gasteiger partial charge on any atom is 0.205 e. The number of ketones is 1. The number of Topliss-reactive ketones (excluding diaryl/α,β-unsaturated/α-hetero) is 1. The molecule has 2 aromatic rings. The third kappa shape index (κ3) is 2.49. The summed E-state index contributed by atoms with van der Waals surface area (Å²) in [4.78, 5) is 17.5. The predicted molar refractivity (Wildman–Crippen MR) is 74.9 cm³/mol. The zero-order valence-corrected chi connectivity index (χ0v) is 11.3. The highest BCUT2D eigenvalue weighted by atomic mass is 32.2. The van der Waals surface area contributed by atoms with E-state index in [2.05, 4.69) is 4.98 Å². The molecular formula is C15H13NO2S. The van der Waals surface area contributed by atoms with E-state index in [4.69, 9.17) is 4.74 Å². The topological polar surface area (TPSA) is 39.2 Å². The van der Waals surface area contributed by atoms with Crippen LogP contribution in [-0.4, -0.2) is 22.6 Å². The average Bonchev–Trinajstić information content (AvgIpc) is 2.46. The second-order valence-corrected chi connectivity index (χ2v) is 5.54. The zero-order chi connectivity index (χ0) is 13.2. The van der Waals surface area contributed by atoms with Crippen LogP contribution in [0, 0.1) is 6.92 Å². The molecule has 4 heteroatoms. The number of pyridine rings is 1. The van der Waals surface area contributed by atoms with E-state index < -0.39 is 6.10 Å². The summed E-state index contributed by atoms with van der Waals surface area (Å²) in [6.07, 6.45) is 2.91. The first kappa shape index (κ1) is 12.2. The highest BCUT2D eigenvalue weighted by molar-refractivity contribution is 7.99. The molecule has 2 heterocycles. The quantitative estimate of drug-likeness (QED) is 0.787. The van der Waals surface area contributed by atoms with E-state index in [0.717, 1.165) is 16.2 Å². The van der Waals surface area contributed by atoms with Crippen LogP contribution in [0.25, 0.3) is 0 Å². The second kappa shape index (κ2) is 5.05. The predicted octanol–water partition coefficient (Wildman–Crippen LogP) is 3.13. The van der Waals surface area contributed by atoms with Crippen molar-refractivity contribution in [2.24, 2.45) is 0 Å². The Morgan fingerprint density at radius 1 is 1.37 bits per heavy atom. The molecule has 0 spiro atoms. The standard InChI is InChI=1S/C15H13NO2S/c1-10-6-11(8-16-7-10)15(17)13-9-19-14-5-3-2-4-12(14)18-13/h2-8,13H,9H2,1H3. The Bertz CT molecular complexity index is 627. The summed E-state index contributed by atoms with van der Waals surface area (Å²) in [5.74, 6) is 1.43. The van der Waals surface area contributed by atoms with Crippen molar-refractivity contribution in [2.45, 2.75) is 17.9 Å². The first-order valence-electron chi connectivity index (χ1n) is 6.08. The maximum absolute atomic E-state index is 12.4. The molecule has 96 valence electrons. The molecule has 3 nitrogen and oxygen atoms in total. The average molecular weight is 271 g/mol. The second-order valence-electron chi connectivity index (χ2n) is 4.48. The lowest BCUT2D eigenvalue weighted by molar-refractivity contribution is 0.0814. The van der Waals surface area contributed by atoms with E-state index in [-0.39, 0.29) is 5.78 Å². The molecule has 1 aromatic carbocycles. The Labute approximate surface area is 116 Å². The molecule has 0 N–H and O–H groups in total. The molecule has 0 saturated heterocycles. The van der Waals surface area contributed by atoms with Crippen LogP contribution in [0.5, 0.6) is 5.75 Å². The van der Waals surface area contributed by atoms with Gasteiger partial charge >= 0.3 is 0 Å². The fourth-order valence-electron chi connectivity index (χ4n) is 2.02. The minimum Gasteiger partial charge on any atom is -0.480 e. The van der Waals surface area contributed by atoms with Crippen molar-refractivity contribution < 1.29 is 9.53 Å². The molecule has 0 fully saturated rings. The van der Waals surface area contributed by atoms with Crippen molar-refractivity contribution in [3.63, 3.8) is 0 Å². The van der Waals surface area contributed by atoms with Gasteiger partial charge < -0.3 is 4.74 Å². The third-order valence-electron chi connectivity index (χ3n) is 2.96. The minimum atomic E-state index is -0.427. The van der Waals surface area contributed by atoms with Crippen LogP contribution >= 0.6 is 11.8 Å². The number of para-hydroxylation sites is 1. The first-order valence-corrected chi connectivity index (χ1v) is 7.07. The number of ether oxygens (including phenoxy) is 1. The molecule has 0 aliphatic carbocycles. The van der Waals surface area contributed by atoms with Crippen LogP contribution < -0.4 is 4.74 Å². The van der Waals surface area contributed by atoms with E-state index in [9.17, 15) is 4.79 Å². The molecule has 19 heavy (non-hydrogen) atoms. The lowest BCUT2D eigenvalue weighted by Crippen LogP contribution is -2.32. The number of hydrogen-bond acceptors (Lipinski definition) is 4. The van der Waals surface area contributed by atoms with Crippen molar-refractivity contribution in [3.05, 3.63) is 53.9 Å². The molecule has 1 unspecified atom stereocenters. The first-order chi connectivity index (χ1) is 9.24. The summed E-state index contributed by atoms with van der Waals surface area (Å²) >= 11 is 1.66. The normalized spacial score (nSPS) is 17.4. The molecule has 1 aliphatic rings. The van der Waals surface area contributed by atoms with Gasteiger partial charge in [-0.3, -0.25) is 9.78 Å². The molecule has 0 bridgehead atoms. The highest BCUT2D eigenvalue weighted by Crippen LogP contribution is 2.35. The van der Waals surface area contributed by atoms with Gasteiger partial charge in [-0.1, -0.05) is 12.1 Å². The smallest absolute Gasteiger partial charge is 0.205 e. The van der Waals surface area contributed by atoms with E-state index in [1.807, 2.05) is 37.3 Å². The van der Waals surface area contributed by atoms with Crippen molar-refractivity contribution in [1.82, 2.24) is 4.98 Å². The molecule has 1 aromatic heterocycles. The SMILES string of the molecule is Cc1cncc(C(=O)C2CSc3ccccc3O2)c1. The maximum atomic E-state index is 12.4. The van der Waals surface area contributed by atoms with Gasteiger partial charge in [0.15, 0.2) is 6.10 Å². The lowest BCUT2D eigenvalue weighted by Gasteiger charge is -2.24.